The number of hydrogen-bond donors (Lipinski definition) is 1. The Labute approximate surface area is 173 Å². The first kappa shape index (κ1) is 19.3. The van der Waals surface area contributed by atoms with Gasteiger partial charge in [0.25, 0.3) is 0 Å². The summed E-state index contributed by atoms with van der Waals surface area (Å²) in [6.45, 7) is 1.15. The van der Waals surface area contributed by atoms with E-state index in [2.05, 4.69) is 15.5 Å². The van der Waals surface area contributed by atoms with Crippen molar-refractivity contribution in [3.05, 3.63) is 59.8 Å². The highest BCUT2D eigenvalue weighted by Crippen LogP contribution is 2.39. The first-order valence-electron chi connectivity index (χ1n) is 8.59. The highest BCUT2D eigenvalue weighted by atomic mass is 32.2. The van der Waals surface area contributed by atoms with Gasteiger partial charge < -0.3 is 14.6 Å². The van der Waals surface area contributed by atoms with E-state index in [1.807, 2.05) is 12.1 Å². The van der Waals surface area contributed by atoms with E-state index in [9.17, 15) is 9.18 Å². The first-order chi connectivity index (χ1) is 13.7. The molecule has 1 N–H and O–H groups in total. The van der Waals surface area contributed by atoms with Gasteiger partial charge in [-0.1, -0.05) is 41.3 Å². The predicted molar refractivity (Wildman–Crippen MR) is 110 cm³/mol. The van der Waals surface area contributed by atoms with Crippen LogP contribution in [0.4, 0.5) is 9.52 Å². The van der Waals surface area contributed by atoms with Crippen LogP contribution in [0.3, 0.4) is 0 Å². The van der Waals surface area contributed by atoms with Crippen LogP contribution in [0.5, 0.6) is 0 Å². The van der Waals surface area contributed by atoms with Crippen LogP contribution in [-0.2, 0) is 11.3 Å². The molecule has 1 aliphatic heterocycles. The van der Waals surface area contributed by atoms with E-state index < -0.39 is 0 Å². The van der Waals surface area contributed by atoms with E-state index in [0.717, 1.165) is 11.5 Å². The Morgan fingerprint density at radius 2 is 2.21 bits per heavy atom. The number of rotatable bonds is 7. The molecule has 10 heteroatoms. The number of aromatic nitrogens is 2. The lowest BCUT2D eigenvalue weighted by molar-refractivity contribution is -0.128. The molecule has 6 nitrogen and oxygen atoms in total. The molecule has 0 spiro atoms. The molecule has 0 aliphatic carbocycles. The quantitative estimate of drug-likeness (QED) is 0.555. The number of halogens is 1. The molecular weight excluding hydrogens is 419 g/mol. The van der Waals surface area contributed by atoms with Crippen molar-refractivity contribution in [3.63, 3.8) is 0 Å². The van der Waals surface area contributed by atoms with Gasteiger partial charge in [0.05, 0.1) is 18.6 Å². The Morgan fingerprint density at radius 3 is 3.04 bits per heavy atom. The molecule has 0 saturated carbocycles. The monoisotopic (exact) mass is 436 g/mol. The van der Waals surface area contributed by atoms with Crippen molar-refractivity contribution in [2.75, 3.05) is 23.4 Å². The number of amides is 1. The maximum Gasteiger partial charge on any atom is 0.234 e. The SMILES string of the molecule is O=C(CSc1nnc(NCc2ccco2)s1)N1CCS[C@@H]1c1ccccc1F. The average molecular weight is 437 g/mol. The van der Waals surface area contributed by atoms with Gasteiger partial charge in [-0.25, -0.2) is 4.39 Å². The first-order valence-corrected chi connectivity index (χ1v) is 11.4. The topological polar surface area (TPSA) is 71.3 Å². The molecule has 146 valence electrons. The number of carbonyl (C=O) groups is 1. The number of nitrogens with zero attached hydrogens (tertiary/aromatic N) is 3. The zero-order valence-electron chi connectivity index (χ0n) is 14.7. The fraction of sp³-hybridized carbons (Fsp3) is 0.278. The highest BCUT2D eigenvalue weighted by Gasteiger charge is 2.32. The van der Waals surface area contributed by atoms with Gasteiger partial charge in [0, 0.05) is 17.9 Å². The molecule has 28 heavy (non-hydrogen) atoms. The van der Waals surface area contributed by atoms with Crippen LogP contribution >= 0.6 is 34.9 Å². The van der Waals surface area contributed by atoms with E-state index >= 15 is 0 Å². The summed E-state index contributed by atoms with van der Waals surface area (Å²) in [7, 11) is 0. The lowest BCUT2D eigenvalue weighted by Gasteiger charge is -2.24. The third-order valence-corrected chi connectivity index (χ3v) is 7.34. The van der Waals surface area contributed by atoms with Crippen LogP contribution in [0, 0.1) is 5.82 Å². The van der Waals surface area contributed by atoms with Crippen molar-refractivity contribution in [2.45, 2.75) is 16.3 Å². The van der Waals surface area contributed by atoms with Gasteiger partial charge in [0.2, 0.25) is 11.0 Å². The van der Waals surface area contributed by atoms with Gasteiger partial charge >= 0.3 is 0 Å². The smallest absolute Gasteiger partial charge is 0.234 e. The molecule has 1 aliphatic rings. The second-order valence-corrected chi connectivity index (χ2v) is 9.31. The largest absolute Gasteiger partial charge is 0.467 e. The molecule has 3 aromatic rings. The summed E-state index contributed by atoms with van der Waals surface area (Å²) in [5.41, 5.74) is 0.559. The fourth-order valence-corrected chi connectivity index (χ4v) is 5.71. The van der Waals surface area contributed by atoms with E-state index in [4.69, 9.17) is 4.42 Å². The number of carbonyl (C=O) groups excluding carboxylic acids is 1. The molecule has 1 saturated heterocycles. The Balaban J connectivity index is 1.32. The second-order valence-electron chi connectivity index (χ2n) is 5.93. The van der Waals surface area contributed by atoms with Gasteiger partial charge in [-0.2, -0.15) is 0 Å². The highest BCUT2D eigenvalue weighted by molar-refractivity contribution is 8.01. The van der Waals surface area contributed by atoms with Gasteiger partial charge in [-0.15, -0.1) is 22.0 Å². The number of benzene rings is 1. The molecule has 1 fully saturated rings. The maximum atomic E-state index is 14.1. The normalized spacial score (nSPS) is 16.5. The van der Waals surface area contributed by atoms with Crippen molar-refractivity contribution in [1.82, 2.24) is 15.1 Å². The van der Waals surface area contributed by atoms with E-state index in [1.54, 1.807) is 41.1 Å². The molecule has 2 aromatic heterocycles. The van der Waals surface area contributed by atoms with Crippen LogP contribution in [0.15, 0.2) is 51.4 Å². The van der Waals surface area contributed by atoms with Gasteiger partial charge in [0.1, 0.15) is 17.0 Å². The van der Waals surface area contributed by atoms with Crippen LogP contribution in [0.2, 0.25) is 0 Å². The summed E-state index contributed by atoms with van der Waals surface area (Å²) >= 11 is 4.33. The number of anilines is 1. The number of hydrogen-bond acceptors (Lipinski definition) is 8. The maximum absolute atomic E-state index is 14.1. The Morgan fingerprint density at radius 1 is 1.32 bits per heavy atom. The molecule has 3 heterocycles. The second kappa shape index (κ2) is 8.97. The van der Waals surface area contributed by atoms with Crippen molar-refractivity contribution in [2.24, 2.45) is 0 Å². The third kappa shape index (κ3) is 4.50. The van der Waals surface area contributed by atoms with Crippen LogP contribution in [0.25, 0.3) is 0 Å². The minimum atomic E-state index is -0.274. The third-order valence-electron chi connectivity index (χ3n) is 4.10. The van der Waals surface area contributed by atoms with E-state index in [0.29, 0.717) is 28.1 Å². The fourth-order valence-electron chi connectivity index (χ4n) is 2.78. The van der Waals surface area contributed by atoms with Crippen molar-refractivity contribution < 1.29 is 13.6 Å². The summed E-state index contributed by atoms with van der Waals surface area (Å²) in [4.78, 5) is 14.4. The summed E-state index contributed by atoms with van der Waals surface area (Å²) in [6.07, 6.45) is 1.62. The Kier molecular flexibility index (Phi) is 6.18. The lowest BCUT2D eigenvalue weighted by Crippen LogP contribution is -2.32. The number of thioether (sulfide) groups is 2. The molecule has 1 amide bonds. The van der Waals surface area contributed by atoms with Crippen molar-refractivity contribution in [1.29, 1.82) is 0 Å². The molecule has 0 unspecified atom stereocenters. The van der Waals surface area contributed by atoms with Crippen LogP contribution in [-0.4, -0.2) is 39.1 Å². The molecule has 4 rings (SSSR count). The summed E-state index contributed by atoms with van der Waals surface area (Å²) < 4.78 is 20.1. The zero-order chi connectivity index (χ0) is 19.3. The van der Waals surface area contributed by atoms with Gasteiger partial charge in [0.15, 0.2) is 4.34 Å². The summed E-state index contributed by atoms with van der Waals surface area (Å²) in [6, 6.07) is 10.3. The summed E-state index contributed by atoms with van der Waals surface area (Å²) in [5, 5.41) is 11.7. The van der Waals surface area contributed by atoms with E-state index in [1.165, 1.54) is 29.2 Å². The van der Waals surface area contributed by atoms with Crippen LogP contribution < -0.4 is 5.32 Å². The predicted octanol–water partition coefficient (Wildman–Crippen LogP) is 4.25. The molecule has 0 bridgehead atoms. The minimum absolute atomic E-state index is 0.0245. The Bertz CT molecular complexity index is 935. The van der Waals surface area contributed by atoms with Crippen molar-refractivity contribution in [3.8, 4) is 0 Å². The number of nitrogens with one attached hydrogen (secondary N) is 1. The Hall–Kier alpha value is -2.04. The van der Waals surface area contributed by atoms with Crippen molar-refractivity contribution >= 4 is 45.9 Å². The molecular formula is C18H17FN4O2S3. The average Bonchev–Trinajstić information content (AvgIpc) is 3.46. The lowest BCUT2D eigenvalue weighted by atomic mass is 10.2. The molecule has 0 radical (unpaired) electrons. The van der Waals surface area contributed by atoms with Gasteiger partial charge in [-0.05, 0) is 18.2 Å². The van der Waals surface area contributed by atoms with Gasteiger partial charge in [-0.3, -0.25) is 4.79 Å². The number of furan rings is 1. The molecule has 1 atom stereocenters. The summed E-state index contributed by atoms with van der Waals surface area (Å²) in [5.74, 6) is 1.56. The molecule has 1 aromatic carbocycles. The minimum Gasteiger partial charge on any atom is -0.467 e. The van der Waals surface area contributed by atoms with Crippen LogP contribution in [0.1, 0.15) is 16.7 Å². The zero-order valence-corrected chi connectivity index (χ0v) is 17.2. The standard InChI is InChI=1S/C18H17FN4O2S3/c19-14-6-2-1-5-13(14)16-23(7-9-26-16)15(24)11-27-18-22-21-17(28-18)20-10-12-4-3-8-25-12/h1-6,8,16H,7,9-11H2,(H,20,21)/t16-/m1/s1. The van der Waals surface area contributed by atoms with E-state index in [-0.39, 0.29) is 22.9 Å².